The van der Waals surface area contributed by atoms with Crippen LogP contribution < -0.4 is 4.74 Å². The van der Waals surface area contributed by atoms with Crippen LogP contribution in [0.15, 0.2) is 48.5 Å². The van der Waals surface area contributed by atoms with Crippen LogP contribution in [0, 0.1) is 17.1 Å². The minimum Gasteiger partial charge on any atom is -0.494 e. The van der Waals surface area contributed by atoms with Gasteiger partial charge in [-0.2, -0.15) is 5.26 Å². The number of ether oxygens (including phenoxy) is 1. The molecule has 0 spiro atoms. The van der Waals surface area contributed by atoms with E-state index in [2.05, 4.69) is 0 Å². The molecule has 0 heterocycles. The zero-order valence-corrected chi connectivity index (χ0v) is 11.5. The Morgan fingerprint density at radius 1 is 1.29 bits per heavy atom. The van der Waals surface area contributed by atoms with Crippen LogP contribution in [0.5, 0.6) is 5.75 Å². The molecule has 0 bridgehead atoms. The summed E-state index contributed by atoms with van der Waals surface area (Å²) >= 11 is 0. The van der Waals surface area contributed by atoms with Crippen LogP contribution in [0.1, 0.15) is 28.8 Å². The van der Waals surface area contributed by atoms with Gasteiger partial charge in [0.2, 0.25) is 0 Å². The first-order valence-electron chi connectivity index (χ1n) is 6.58. The molecule has 1 unspecified atom stereocenters. The third-order valence-electron chi connectivity index (χ3n) is 3.02. The normalized spacial score (nSPS) is 11.5. The van der Waals surface area contributed by atoms with Crippen LogP contribution in [-0.2, 0) is 0 Å². The lowest BCUT2D eigenvalue weighted by atomic mass is 9.92. The van der Waals surface area contributed by atoms with E-state index in [1.807, 2.05) is 13.0 Å². The van der Waals surface area contributed by atoms with Crippen molar-refractivity contribution in [3.63, 3.8) is 0 Å². The standard InChI is InChI=1S/C17H14FNO2/c1-2-21-15-8-6-12(7-9-15)16(11-19)17(20)13-4-3-5-14(18)10-13/h3-10,16H,2H2,1H3. The molecule has 0 amide bonds. The molecule has 2 aromatic carbocycles. The number of benzene rings is 2. The Morgan fingerprint density at radius 3 is 2.57 bits per heavy atom. The number of rotatable bonds is 5. The van der Waals surface area contributed by atoms with Crippen molar-refractivity contribution in [3.8, 4) is 11.8 Å². The third-order valence-corrected chi connectivity index (χ3v) is 3.02. The van der Waals surface area contributed by atoms with Crippen LogP contribution >= 0.6 is 0 Å². The van der Waals surface area contributed by atoms with Gasteiger partial charge in [0.25, 0.3) is 0 Å². The number of ketones is 1. The predicted octanol–water partition coefficient (Wildman–Crippen LogP) is 3.71. The highest BCUT2D eigenvalue weighted by atomic mass is 19.1. The molecule has 0 aliphatic carbocycles. The topological polar surface area (TPSA) is 50.1 Å². The summed E-state index contributed by atoms with van der Waals surface area (Å²) in [5.74, 6) is -1.19. The van der Waals surface area contributed by atoms with E-state index in [1.165, 1.54) is 18.2 Å². The van der Waals surface area contributed by atoms with Gasteiger partial charge >= 0.3 is 0 Å². The lowest BCUT2D eigenvalue weighted by Crippen LogP contribution is -2.11. The molecule has 0 aliphatic rings. The Bertz CT molecular complexity index is 674. The van der Waals surface area contributed by atoms with Gasteiger partial charge in [0.05, 0.1) is 12.7 Å². The summed E-state index contributed by atoms with van der Waals surface area (Å²) in [5.41, 5.74) is 0.755. The minimum atomic E-state index is -0.956. The largest absolute Gasteiger partial charge is 0.494 e. The Labute approximate surface area is 122 Å². The van der Waals surface area contributed by atoms with Crippen molar-refractivity contribution in [2.45, 2.75) is 12.8 Å². The first-order chi connectivity index (χ1) is 10.2. The fraction of sp³-hybridized carbons (Fsp3) is 0.176. The summed E-state index contributed by atoms with van der Waals surface area (Å²) in [5, 5.41) is 9.26. The fourth-order valence-electron chi connectivity index (χ4n) is 2.02. The first kappa shape index (κ1) is 14.7. The van der Waals surface area contributed by atoms with Crippen molar-refractivity contribution in [1.82, 2.24) is 0 Å². The zero-order valence-electron chi connectivity index (χ0n) is 11.5. The number of nitriles is 1. The maximum Gasteiger partial charge on any atom is 0.184 e. The van der Waals surface area contributed by atoms with Crippen LogP contribution in [0.25, 0.3) is 0 Å². The monoisotopic (exact) mass is 283 g/mol. The van der Waals surface area contributed by atoms with Gasteiger partial charge in [0.15, 0.2) is 5.78 Å². The number of hydrogen-bond acceptors (Lipinski definition) is 3. The van der Waals surface area contributed by atoms with E-state index in [1.54, 1.807) is 24.3 Å². The summed E-state index contributed by atoms with van der Waals surface area (Å²) in [4.78, 5) is 12.3. The van der Waals surface area contributed by atoms with Gasteiger partial charge in [0.1, 0.15) is 17.5 Å². The highest BCUT2D eigenvalue weighted by Crippen LogP contribution is 2.23. The molecule has 1 atom stereocenters. The average Bonchev–Trinajstić information content (AvgIpc) is 2.50. The summed E-state index contributed by atoms with van der Waals surface area (Å²) in [6.07, 6.45) is 0. The molecule has 2 aromatic rings. The van der Waals surface area contributed by atoms with Gasteiger partial charge < -0.3 is 4.74 Å². The predicted molar refractivity (Wildman–Crippen MR) is 76.7 cm³/mol. The van der Waals surface area contributed by atoms with Gasteiger partial charge in [-0.05, 0) is 36.8 Å². The molecule has 3 nitrogen and oxygen atoms in total. The van der Waals surface area contributed by atoms with E-state index >= 15 is 0 Å². The van der Waals surface area contributed by atoms with Crippen molar-refractivity contribution in [2.24, 2.45) is 0 Å². The molecule has 0 saturated heterocycles. The second kappa shape index (κ2) is 6.67. The Hall–Kier alpha value is -2.67. The van der Waals surface area contributed by atoms with E-state index in [0.717, 1.165) is 6.07 Å². The number of carbonyl (C=O) groups excluding carboxylic acids is 1. The SMILES string of the molecule is CCOc1ccc(C(C#N)C(=O)c2cccc(F)c2)cc1. The minimum absolute atomic E-state index is 0.190. The van der Waals surface area contributed by atoms with Crippen molar-refractivity contribution < 1.29 is 13.9 Å². The zero-order chi connectivity index (χ0) is 15.2. The molecule has 0 saturated carbocycles. The quantitative estimate of drug-likeness (QED) is 0.786. The Kier molecular flexibility index (Phi) is 4.68. The smallest absolute Gasteiger partial charge is 0.184 e. The molecule has 0 radical (unpaired) electrons. The molecule has 4 heteroatoms. The van der Waals surface area contributed by atoms with Gasteiger partial charge in [-0.15, -0.1) is 0 Å². The Morgan fingerprint density at radius 2 is 2.00 bits per heavy atom. The van der Waals surface area contributed by atoms with Crippen LogP contribution in [0.4, 0.5) is 4.39 Å². The number of halogens is 1. The summed E-state index contributed by atoms with van der Waals surface area (Å²) < 4.78 is 18.5. The second-order valence-corrected chi connectivity index (χ2v) is 4.44. The van der Waals surface area contributed by atoms with Gasteiger partial charge in [0, 0.05) is 5.56 Å². The van der Waals surface area contributed by atoms with Crippen molar-refractivity contribution in [3.05, 3.63) is 65.5 Å². The van der Waals surface area contributed by atoms with Crippen LogP contribution in [0.2, 0.25) is 0 Å². The van der Waals surface area contributed by atoms with Crippen molar-refractivity contribution >= 4 is 5.78 Å². The summed E-state index contributed by atoms with van der Waals surface area (Å²) in [6, 6.07) is 14.1. The molecule has 106 valence electrons. The molecule has 0 aliphatic heterocycles. The average molecular weight is 283 g/mol. The molecule has 0 N–H and O–H groups in total. The third kappa shape index (κ3) is 3.46. The maximum absolute atomic E-state index is 13.2. The van der Waals surface area contributed by atoms with Gasteiger partial charge in [-0.25, -0.2) is 4.39 Å². The summed E-state index contributed by atoms with van der Waals surface area (Å²) in [7, 11) is 0. The lowest BCUT2D eigenvalue weighted by molar-refractivity contribution is 0.0978. The molecule has 0 fully saturated rings. The first-order valence-corrected chi connectivity index (χ1v) is 6.58. The van der Waals surface area contributed by atoms with Gasteiger partial charge in [-0.1, -0.05) is 24.3 Å². The number of nitrogens with zero attached hydrogens (tertiary/aromatic N) is 1. The number of carbonyl (C=O) groups is 1. The fourth-order valence-corrected chi connectivity index (χ4v) is 2.02. The number of Topliss-reactive ketones (excluding diaryl/α,β-unsaturated/α-hetero) is 1. The Balaban J connectivity index is 2.27. The van der Waals surface area contributed by atoms with E-state index in [0.29, 0.717) is 17.9 Å². The molecule has 21 heavy (non-hydrogen) atoms. The molecule has 2 rings (SSSR count). The van der Waals surface area contributed by atoms with Crippen LogP contribution in [0.3, 0.4) is 0 Å². The van der Waals surface area contributed by atoms with E-state index in [4.69, 9.17) is 4.74 Å². The molecular weight excluding hydrogens is 269 g/mol. The summed E-state index contributed by atoms with van der Waals surface area (Å²) in [6.45, 7) is 2.42. The second-order valence-electron chi connectivity index (χ2n) is 4.44. The number of hydrogen-bond donors (Lipinski definition) is 0. The van der Waals surface area contributed by atoms with Crippen LogP contribution in [-0.4, -0.2) is 12.4 Å². The highest BCUT2D eigenvalue weighted by Gasteiger charge is 2.22. The van der Waals surface area contributed by atoms with E-state index < -0.39 is 17.5 Å². The van der Waals surface area contributed by atoms with E-state index in [9.17, 15) is 14.4 Å². The van der Waals surface area contributed by atoms with Crippen molar-refractivity contribution in [1.29, 1.82) is 5.26 Å². The van der Waals surface area contributed by atoms with Crippen molar-refractivity contribution in [2.75, 3.05) is 6.61 Å². The lowest BCUT2D eigenvalue weighted by Gasteiger charge is -2.10. The van der Waals surface area contributed by atoms with Gasteiger partial charge in [-0.3, -0.25) is 4.79 Å². The van der Waals surface area contributed by atoms with E-state index in [-0.39, 0.29) is 5.56 Å². The molecular formula is C17H14FNO2. The highest BCUT2D eigenvalue weighted by molar-refractivity contribution is 6.02. The maximum atomic E-state index is 13.2. The molecule has 0 aromatic heterocycles.